The standard InChI is InChI=1S/C26H14F4/c27-16-10-11-19(22(28)12-16)26-18-9-5-4-8-17(18)25(15-6-2-1-3-7-15)20-13-23(29)24(30)14-21(20)26/h1-14H. The molecule has 0 spiro atoms. The van der Waals surface area contributed by atoms with Crippen LogP contribution in [0.5, 0.6) is 0 Å². The molecule has 0 heterocycles. The van der Waals surface area contributed by atoms with Gasteiger partial charge in [0.15, 0.2) is 11.6 Å². The molecule has 0 saturated heterocycles. The molecule has 4 heteroatoms. The van der Waals surface area contributed by atoms with Crippen molar-refractivity contribution in [3.05, 3.63) is 108 Å². The fourth-order valence-electron chi connectivity index (χ4n) is 4.07. The lowest BCUT2D eigenvalue weighted by atomic mass is 9.85. The van der Waals surface area contributed by atoms with Crippen molar-refractivity contribution in [3.63, 3.8) is 0 Å². The Morgan fingerprint density at radius 2 is 1.00 bits per heavy atom. The van der Waals surface area contributed by atoms with E-state index in [1.165, 1.54) is 6.07 Å². The Morgan fingerprint density at radius 3 is 1.63 bits per heavy atom. The van der Waals surface area contributed by atoms with E-state index in [2.05, 4.69) is 0 Å². The Labute approximate surface area is 170 Å². The van der Waals surface area contributed by atoms with Crippen molar-refractivity contribution < 1.29 is 17.6 Å². The number of benzene rings is 5. The second-order valence-corrected chi connectivity index (χ2v) is 7.10. The number of fused-ring (bicyclic) bond motifs is 2. The molecule has 0 fully saturated rings. The molecule has 5 aromatic carbocycles. The predicted octanol–water partition coefficient (Wildman–Crippen LogP) is 7.88. The van der Waals surface area contributed by atoms with E-state index in [4.69, 9.17) is 0 Å². The van der Waals surface area contributed by atoms with Crippen LogP contribution < -0.4 is 0 Å². The smallest absolute Gasteiger partial charge is 0.159 e. The number of hydrogen-bond acceptors (Lipinski definition) is 0. The van der Waals surface area contributed by atoms with Crippen molar-refractivity contribution in [2.45, 2.75) is 0 Å². The van der Waals surface area contributed by atoms with Gasteiger partial charge in [-0.15, -0.1) is 0 Å². The van der Waals surface area contributed by atoms with E-state index < -0.39 is 23.3 Å². The highest BCUT2D eigenvalue weighted by atomic mass is 19.2. The first kappa shape index (κ1) is 18.4. The monoisotopic (exact) mass is 402 g/mol. The highest BCUT2D eigenvalue weighted by Crippen LogP contribution is 2.44. The molecule has 0 aliphatic heterocycles. The third-order valence-corrected chi connectivity index (χ3v) is 5.33. The number of rotatable bonds is 2. The zero-order valence-corrected chi connectivity index (χ0v) is 15.6. The van der Waals surface area contributed by atoms with Gasteiger partial charge >= 0.3 is 0 Å². The van der Waals surface area contributed by atoms with Crippen LogP contribution in [-0.4, -0.2) is 0 Å². The Balaban J connectivity index is 2.05. The molecule has 0 N–H and O–H groups in total. The van der Waals surface area contributed by atoms with Crippen LogP contribution in [0.15, 0.2) is 84.9 Å². The quantitative estimate of drug-likeness (QED) is 0.208. The van der Waals surface area contributed by atoms with Crippen molar-refractivity contribution >= 4 is 21.5 Å². The van der Waals surface area contributed by atoms with E-state index >= 15 is 0 Å². The van der Waals surface area contributed by atoms with E-state index in [1.54, 1.807) is 12.1 Å². The van der Waals surface area contributed by atoms with E-state index in [1.807, 2.05) is 42.5 Å². The summed E-state index contributed by atoms with van der Waals surface area (Å²) in [4.78, 5) is 0. The van der Waals surface area contributed by atoms with Crippen LogP contribution in [0.2, 0.25) is 0 Å². The summed E-state index contributed by atoms with van der Waals surface area (Å²) in [6.45, 7) is 0. The molecule has 5 rings (SSSR count). The van der Waals surface area contributed by atoms with E-state index in [0.717, 1.165) is 40.8 Å². The van der Waals surface area contributed by atoms with Crippen LogP contribution in [0.4, 0.5) is 17.6 Å². The van der Waals surface area contributed by atoms with Gasteiger partial charge in [-0.1, -0.05) is 54.6 Å². The third kappa shape index (κ3) is 2.84. The minimum absolute atomic E-state index is 0.128. The Hall–Kier alpha value is -3.66. The molecule has 0 saturated carbocycles. The van der Waals surface area contributed by atoms with Crippen LogP contribution in [-0.2, 0) is 0 Å². The molecular weight excluding hydrogens is 388 g/mol. The SMILES string of the molecule is Fc1ccc(-c2c3ccccc3c(-c3ccccc3)c3cc(F)c(F)cc23)c(F)c1. The van der Waals surface area contributed by atoms with Crippen LogP contribution in [0, 0.1) is 23.3 Å². The van der Waals surface area contributed by atoms with Gasteiger partial charge in [-0.3, -0.25) is 0 Å². The Bertz CT molecular complexity index is 1420. The van der Waals surface area contributed by atoms with Crippen molar-refractivity contribution in [2.75, 3.05) is 0 Å². The van der Waals surface area contributed by atoms with Gasteiger partial charge in [-0.2, -0.15) is 0 Å². The molecule has 30 heavy (non-hydrogen) atoms. The first-order valence-electron chi connectivity index (χ1n) is 9.39. The van der Waals surface area contributed by atoms with Crippen LogP contribution >= 0.6 is 0 Å². The Kier molecular flexibility index (Phi) is 4.28. The van der Waals surface area contributed by atoms with Crippen molar-refractivity contribution in [3.8, 4) is 22.3 Å². The van der Waals surface area contributed by atoms with Gasteiger partial charge in [0.1, 0.15) is 11.6 Å². The molecule has 0 aromatic heterocycles. The maximum absolute atomic E-state index is 14.8. The van der Waals surface area contributed by atoms with Crippen molar-refractivity contribution in [1.29, 1.82) is 0 Å². The van der Waals surface area contributed by atoms with E-state index in [0.29, 0.717) is 21.7 Å². The summed E-state index contributed by atoms with van der Waals surface area (Å²) in [5, 5.41) is 2.25. The molecule has 0 unspecified atom stereocenters. The Morgan fingerprint density at radius 1 is 0.433 bits per heavy atom. The molecule has 0 radical (unpaired) electrons. The zero-order chi connectivity index (χ0) is 20.8. The summed E-state index contributed by atoms with van der Waals surface area (Å²) in [7, 11) is 0. The second kappa shape index (κ2) is 6.99. The average Bonchev–Trinajstić information content (AvgIpc) is 2.74. The number of halogens is 4. The van der Waals surface area contributed by atoms with Gasteiger partial charge in [0.05, 0.1) is 0 Å². The molecule has 0 aliphatic rings. The lowest BCUT2D eigenvalue weighted by Crippen LogP contribution is -1.95. The molecule has 146 valence electrons. The molecule has 0 nitrogen and oxygen atoms in total. The maximum Gasteiger partial charge on any atom is 0.159 e. The topological polar surface area (TPSA) is 0 Å². The highest BCUT2D eigenvalue weighted by Gasteiger charge is 2.20. The molecule has 0 atom stereocenters. The molecule has 0 aliphatic carbocycles. The highest BCUT2D eigenvalue weighted by molar-refractivity contribution is 6.21. The third-order valence-electron chi connectivity index (χ3n) is 5.33. The summed E-state index contributed by atoms with van der Waals surface area (Å²) in [6, 6.07) is 22.2. The van der Waals surface area contributed by atoms with Crippen LogP contribution in [0.3, 0.4) is 0 Å². The summed E-state index contributed by atoms with van der Waals surface area (Å²) >= 11 is 0. The molecular formula is C26H14F4. The summed E-state index contributed by atoms with van der Waals surface area (Å²) < 4.78 is 57.0. The number of hydrogen-bond donors (Lipinski definition) is 0. The van der Waals surface area contributed by atoms with E-state index in [9.17, 15) is 17.6 Å². The minimum atomic E-state index is -1.03. The average molecular weight is 402 g/mol. The summed E-state index contributed by atoms with van der Waals surface area (Å²) in [6.07, 6.45) is 0. The fraction of sp³-hybridized carbons (Fsp3) is 0. The van der Waals surface area contributed by atoms with Gasteiger partial charge in [-0.25, -0.2) is 17.6 Å². The molecule has 0 amide bonds. The first-order valence-corrected chi connectivity index (χ1v) is 9.39. The minimum Gasteiger partial charge on any atom is -0.207 e. The normalized spacial score (nSPS) is 11.3. The van der Waals surface area contributed by atoms with Gasteiger partial charge in [0.25, 0.3) is 0 Å². The summed E-state index contributed by atoms with van der Waals surface area (Å²) in [5.74, 6) is -3.48. The molecule has 5 aromatic rings. The van der Waals surface area contributed by atoms with Crippen molar-refractivity contribution in [2.24, 2.45) is 0 Å². The second-order valence-electron chi connectivity index (χ2n) is 7.10. The first-order chi connectivity index (χ1) is 14.5. The fourth-order valence-corrected chi connectivity index (χ4v) is 4.07. The summed E-state index contributed by atoms with van der Waals surface area (Å²) in [5.41, 5.74) is 2.09. The van der Waals surface area contributed by atoms with E-state index in [-0.39, 0.29) is 5.56 Å². The van der Waals surface area contributed by atoms with Gasteiger partial charge in [-0.05, 0) is 56.9 Å². The maximum atomic E-state index is 14.8. The van der Waals surface area contributed by atoms with Crippen LogP contribution in [0.25, 0.3) is 43.8 Å². The van der Waals surface area contributed by atoms with Gasteiger partial charge in [0, 0.05) is 17.2 Å². The zero-order valence-electron chi connectivity index (χ0n) is 15.6. The lowest BCUT2D eigenvalue weighted by Gasteiger charge is -2.18. The van der Waals surface area contributed by atoms with Gasteiger partial charge in [0.2, 0.25) is 0 Å². The predicted molar refractivity (Wildman–Crippen MR) is 112 cm³/mol. The van der Waals surface area contributed by atoms with Gasteiger partial charge < -0.3 is 0 Å². The molecule has 0 bridgehead atoms. The largest absolute Gasteiger partial charge is 0.207 e. The lowest BCUT2D eigenvalue weighted by molar-refractivity contribution is 0.511. The van der Waals surface area contributed by atoms with Crippen LogP contribution in [0.1, 0.15) is 0 Å². The van der Waals surface area contributed by atoms with Crippen molar-refractivity contribution in [1.82, 2.24) is 0 Å².